The molecule has 0 atom stereocenters. The minimum atomic E-state index is -4.52. The second-order valence-corrected chi connectivity index (χ2v) is 6.81. The van der Waals surface area contributed by atoms with Gasteiger partial charge in [0.25, 0.3) is 0 Å². The molecule has 0 unspecified atom stereocenters. The SMILES string of the molecule is Cl.FC(F)(F)c1nc(N2CCCc3ccccc32)ncc1CN1CCOCC1. The average molecular weight is 415 g/mol. The third kappa shape index (κ3) is 4.39. The smallest absolute Gasteiger partial charge is 0.379 e. The number of hydrogen-bond donors (Lipinski definition) is 0. The molecule has 0 N–H and O–H groups in total. The third-order valence-corrected chi connectivity index (χ3v) is 4.97. The summed E-state index contributed by atoms with van der Waals surface area (Å²) < 4.78 is 46.3. The van der Waals surface area contributed by atoms with Crippen LogP contribution in [0.25, 0.3) is 0 Å². The molecule has 3 heterocycles. The second kappa shape index (κ2) is 8.63. The highest BCUT2D eigenvalue weighted by Crippen LogP contribution is 2.35. The van der Waals surface area contributed by atoms with Crippen molar-refractivity contribution >= 4 is 24.0 Å². The highest BCUT2D eigenvalue weighted by molar-refractivity contribution is 5.85. The van der Waals surface area contributed by atoms with Gasteiger partial charge in [-0.2, -0.15) is 13.2 Å². The summed E-state index contributed by atoms with van der Waals surface area (Å²) >= 11 is 0. The molecule has 0 spiro atoms. The summed E-state index contributed by atoms with van der Waals surface area (Å²) in [4.78, 5) is 12.0. The number of hydrogen-bond acceptors (Lipinski definition) is 5. The Balaban J connectivity index is 0.00000225. The molecule has 0 saturated carbocycles. The normalized spacial score (nSPS) is 17.8. The maximum absolute atomic E-state index is 13.7. The standard InChI is InChI=1S/C19H21F3N4O.ClH/c20-19(21,22)17-15(13-25-8-10-27-11-9-25)12-23-18(24-17)26-7-3-5-14-4-1-2-6-16(14)26;/h1-2,4,6,12H,3,5,7-11,13H2;1H. The molecule has 2 aliphatic heterocycles. The highest BCUT2D eigenvalue weighted by atomic mass is 35.5. The van der Waals surface area contributed by atoms with E-state index in [1.54, 1.807) is 4.90 Å². The lowest BCUT2D eigenvalue weighted by atomic mass is 10.0. The van der Waals surface area contributed by atoms with Crippen LogP contribution in [0.3, 0.4) is 0 Å². The Morgan fingerprint density at radius 3 is 2.57 bits per heavy atom. The molecule has 0 bridgehead atoms. The molecule has 0 aliphatic carbocycles. The monoisotopic (exact) mass is 414 g/mol. The summed E-state index contributed by atoms with van der Waals surface area (Å²) in [6.07, 6.45) is -1.42. The maximum Gasteiger partial charge on any atom is 0.433 e. The lowest BCUT2D eigenvalue weighted by Gasteiger charge is -2.30. The molecule has 1 fully saturated rings. The molecule has 1 aromatic carbocycles. The van der Waals surface area contributed by atoms with Crippen molar-refractivity contribution in [3.8, 4) is 0 Å². The van der Waals surface area contributed by atoms with Gasteiger partial charge in [-0.3, -0.25) is 4.90 Å². The number of rotatable bonds is 3. The predicted octanol–water partition coefficient (Wildman–Crippen LogP) is 3.83. The quantitative estimate of drug-likeness (QED) is 0.763. The van der Waals surface area contributed by atoms with E-state index in [0.717, 1.165) is 24.1 Å². The molecule has 1 aromatic heterocycles. The number of ether oxygens (including phenoxy) is 1. The Hall–Kier alpha value is -1.90. The van der Waals surface area contributed by atoms with Gasteiger partial charge in [-0.1, -0.05) is 18.2 Å². The molecule has 152 valence electrons. The maximum atomic E-state index is 13.7. The van der Waals surface area contributed by atoms with E-state index in [2.05, 4.69) is 9.97 Å². The van der Waals surface area contributed by atoms with Crippen LogP contribution in [0.5, 0.6) is 0 Å². The zero-order valence-corrected chi connectivity index (χ0v) is 16.1. The molecule has 0 radical (unpaired) electrons. The van der Waals surface area contributed by atoms with Crippen LogP contribution < -0.4 is 4.90 Å². The number of morpholine rings is 1. The lowest BCUT2D eigenvalue weighted by molar-refractivity contribution is -0.142. The van der Waals surface area contributed by atoms with E-state index >= 15 is 0 Å². The van der Waals surface area contributed by atoms with Crippen LogP contribution in [0.15, 0.2) is 30.5 Å². The Morgan fingerprint density at radius 1 is 1.07 bits per heavy atom. The minimum absolute atomic E-state index is 0. The fourth-order valence-electron chi connectivity index (χ4n) is 3.63. The number of aryl methyl sites for hydroxylation is 1. The van der Waals surface area contributed by atoms with Gasteiger partial charge in [0, 0.05) is 43.6 Å². The van der Waals surface area contributed by atoms with Gasteiger partial charge >= 0.3 is 6.18 Å². The molecule has 5 nitrogen and oxygen atoms in total. The van der Waals surface area contributed by atoms with Gasteiger partial charge in [0.2, 0.25) is 5.95 Å². The molecule has 2 aromatic rings. The summed E-state index contributed by atoms with van der Waals surface area (Å²) in [6.45, 7) is 3.07. The number of alkyl halides is 3. The van der Waals surface area contributed by atoms with Crippen LogP contribution in [-0.4, -0.2) is 47.7 Å². The molecule has 9 heteroatoms. The molecular formula is C19H22ClF3N4O. The first-order chi connectivity index (χ1) is 13.0. The number of anilines is 2. The van der Waals surface area contributed by atoms with Crippen LogP contribution in [0.4, 0.5) is 24.8 Å². The zero-order chi connectivity index (χ0) is 18.9. The number of benzene rings is 1. The van der Waals surface area contributed by atoms with Gasteiger partial charge in [-0.05, 0) is 24.5 Å². The Bertz CT molecular complexity index is 812. The highest BCUT2D eigenvalue weighted by Gasteiger charge is 2.37. The van der Waals surface area contributed by atoms with Crippen molar-refractivity contribution in [1.29, 1.82) is 0 Å². The largest absolute Gasteiger partial charge is 0.433 e. The minimum Gasteiger partial charge on any atom is -0.379 e. The number of halogens is 4. The predicted molar refractivity (Wildman–Crippen MR) is 102 cm³/mol. The van der Waals surface area contributed by atoms with Gasteiger partial charge in [0.15, 0.2) is 5.69 Å². The first-order valence-corrected chi connectivity index (χ1v) is 9.11. The van der Waals surface area contributed by atoms with Crippen molar-refractivity contribution in [2.24, 2.45) is 0 Å². The van der Waals surface area contributed by atoms with E-state index in [4.69, 9.17) is 4.74 Å². The van der Waals surface area contributed by atoms with Gasteiger partial charge in [-0.25, -0.2) is 9.97 Å². The van der Waals surface area contributed by atoms with E-state index in [0.29, 0.717) is 32.8 Å². The van der Waals surface area contributed by atoms with Crippen molar-refractivity contribution in [2.75, 3.05) is 37.7 Å². The molecule has 28 heavy (non-hydrogen) atoms. The number of nitrogens with zero attached hydrogens (tertiary/aromatic N) is 4. The summed E-state index contributed by atoms with van der Waals surface area (Å²) in [5, 5.41) is 0. The average Bonchev–Trinajstić information content (AvgIpc) is 2.68. The summed E-state index contributed by atoms with van der Waals surface area (Å²) in [6, 6.07) is 7.73. The van der Waals surface area contributed by atoms with Crippen molar-refractivity contribution < 1.29 is 17.9 Å². The summed E-state index contributed by atoms with van der Waals surface area (Å²) in [5.74, 6) is 0.111. The Labute approximate surface area is 167 Å². The molecule has 0 amide bonds. The second-order valence-electron chi connectivity index (χ2n) is 6.81. The fourth-order valence-corrected chi connectivity index (χ4v) is 3.63. The van der Waals surface area contributed by atoms with E-state index in [9.17, 15) is 13.2 Å². The zero-order valence-electron chi connectivity index (χ0n) is 15.3. The van der Waals surface area contributed by atoms with E-state index in [1.165, 1.54) is 6.20 Å². The third-order valence-electron chi connectivity index (χ3n) is 4.97. The number of aromatic nitrogens is 2. The van der Waals surface area contributed by atoms with E-state index in [-0.39, 0.29) is 30.5 Å². The molecule has 2 aliphatic rings. The topological polar surface area (TPSA) is 41.5 Å². The Morgan fingerprint density at radius 2 is 1.82 bits per heavy atom. The van der Waals surface area contributed by atoms with Crippen LogP contribution in [0.1, 0.15) is 23.2 Å². The van der Waals surface area contributed by atoms with E-state index in [1.807, 2.05) is 29.2 Å². The van der Waals surface area contributed by atoms with Crippen molar-refractivity contribution in [3.05, 3.63) is 47.3 Å². The van der Waals surface area contributed by atoms with Crippen LogP contribution in [-0.2, 0) is 23.9 Å². The first kappa shape index (κ1) is 20.8. The van der Waals surface area contributed by atoms with Crippen LogP contribution in [0.2, 0.25) is 0 Å². The van der Waals surface area contributed by atoms with Gasteiger partial charge < -0.3 is 9.64 Å². The van der Waals surface area contributed by atoms with Crippen LogP contribution >= 0.6 is 12.4 Å². The van der Waals surface area contributed by atoms with Crippen LogP contribution in [0, 0.1) is 0 Å². The molecule has 1 saturated heterocycles. The fraction of sp³-hybridized carbons (Fsp3) is 0.474. The molecular weight excluding hydrogens is 393 g/mol. The number of fused-ring (bicyclic) bond motifs is 1. The van der Waals surface area contributed by atoms with Crippen molar-refractivity contribution in [1.82, 2.24) is 14.9 Å². The van der Waals surface area contributed by atoms with Gasteiger partial charge in [0.1, 0.15) is 0 Å². The first-order valence-electron chi connectivity index (χ1n) is 9.11. The number of para-hydroxylation sites is 1. The summed E-state index contributed by atoms with van der Waals surface area (Å²) in [5.41, 5.74) is 1.26. The van der Waals surface area contributed by atoms with Gasteiger partial charge in [0.05, 0.1) is 13.2 Å². The summed E-state index contributed by atoms with van der Waals surface area (Å²) in [7, 11) is 0. The molecule has 4 rings (SSSR count). The van der Waals surface area contributed by atoms with Crippen molar-refractivity contribution in [2.45, 2.75) is 25.6 Å². The van der Waals surface area contributed by atoms with E-state index < -0.39 is 11.9 Å². The lowest BCUT2D eigenvalue weighted by Crippen LogP contribution is -2.36. The Kier molecular flexibility index (Phi) is 6.42. The van der Waals surface area contributed by atoms with Gasteiger partial charge in [-0.15, -0.1) is 12.4 Å². The van der Waals surface area contributed by atoms with Crippen molar-refractivity contribution in [3.63, 3.8) is 0 Å².